The van der Waals surface area contributed by atoms with Crippen LogP contribution in [0.25, 0.3) is 0 Å². The molecule has 0 unspecified atom stereocenters. The van der Waals surface area contributed by atoms with Crippen LogP contribution < -0.4 is 5.32 Å². The van der Waals surface area contributed by atoms with Gasteiger partial charge in [-0.1, -0.05) is 18.1 Å². The third kappa shape index (κ3) is 5.30. The van der Waals surface area contributed by atoms with Crippen molar-refractivity contribution < 1.29 is 19.4 Å². The molecule has 110 valence electrons. The summed E-state index contributed by atoms with van der Waals surface area (Å²) in [5.41, 5.74) is 1.21. The Kier molecular flexibility index (Phi) is 6.56. The number of aryl methyl sites for hydroxylation is 1. The van der Waals surface area contributed by atoms with Crippen LogP contribution >= 0.6 is 0 Å². The first-order chi connectivity index (χ1) is 9.54. The SMILES string of the molecule is COC(=O)CCCCCNC(=O)c1cc(C)ccc1O. The highest BCUT2D eigenvalue weighted by molar-refractivity contribution is 5.96. The number of unbranched alkanes of at least 4 members (excludes halogenated alkanes) is 2. The molecule has 0 saturated carbocycles. The van der Waals surface area contributed by atoms with Crippen molar-refractivity contribution in [3.8, 4) is 5.75 Å². The number of carbonyl (C=O) groups excluding carboxylic acids is 2. The van der Waals surface area contributed by atoms with Crippen molar-refractivity contribution in [3.05, 3.63) is 29.3 Å². The highest BCUT2D eigenvalue weighted by Crippen LogP contribution is 2.17. The number of phenolic OH excluding ortho intramolecular Hbond substituents is 1. The summed E-state index contributed by atoms with van der Waals surface area (Å²) in [7, 11) is 1.37. The van der Waals surface area contributed by atoms with E-state index < -0.39 is 0 Å². The summed E-state index contributed by atoms with van der Waals surface area (Å²) in [5.74, 6) is -0.503. The third-order valence-corrected chi connectivity index (χ3v) is 2.97. The van der Waals surface area contributed by atoms with Crippen LogP contribution in [0.1, 0.15) is 41.6 Å². The van der Waals surface area contributed by atoms with E-state index in [1.807, 2.05) is 6.92 Å². The highest BCUT2D eigenvalue weighted by Gasteiger charge is 2.10. The first-order valence-corrected chi connectivity index (χ1v) is 6.69. The quantitative estimate of drug-likeness (QED) is 0.592. The van der Waals surface area contributed by atoms with Crippen LogP contribution in [0.2, 0.25) is 0 Å². The Morgan fingerprint density at radius 1 is 1.25 bits per heavy atom. The van der Waals surface area contributed by atoms with Gasteiger partial charge in [-0.25, -0.2) is 0 Å². The molecule has 0 aliphatic carbocycles. The van der Waals surface area contributed by atoms with Gasteiger partial charge in [-0.3, -0.25) is 9.59 Å². The first-order valence-electron chi connectivity index (χ1n) is 6.69. The third-order valence-electron chi connectivity index (χ3n) is 2.97. The Balaban J connectivity index is 2.27. The molecule has 0 aromatic heterocycles. The zero-order valence-electron chi connectivity index (χ0n) is 11.9. The topological polar surface area (TPSA) is 75.6 Å². The number of aromatic hydroxyl groups is 1. The van der Waals surface area contributed by atoms with E-state index in [2.05, 4.69) is 10.1 Å². The second-order valence-corrected chi connectivity index (χ2v) is 4.66. The molecule has 1 rings (SSSR count). The standard InChI is InChI=1S/C15H21NO4/c1-11-7-8-13(17)12(10-11)15(19)16-9-5-3-4-6-14(18)20-2/h7-8,10,17H,3-6,9H2,1-2H3,(H,16,19). The van der Waals surface area contributed by atoms with Gasteiger partial charge < -0.3 is 15.2 Å². The number of nitrogens with one attached hydrogen (secondary N) is 1. The fourth-order valence-electron chi connectivity index (χ4n) is 1.80. The second-order valence-electron chi connectivity index (χ2n) is 4.66. The van der Waals surface area contributed by atoms with E-state index in [4.69, 9.17) is 0 Å². The fraction of sp³-hybridized carbons (Fsp3) is 0.467. The molecule has 0 heterocycles. The molecule has 1 aromatic carbocycles. The van der Waals surface area contributed by atoms with Gasteiger partial charge in [-0.15, -0.1) is 0 Å². The maximum atomic E-state index is 11.9. The summed E-state index contributed by atoms with van der Waals surface area (Å²) in [6.45, 7) is 2.39. The molecular formula is C15H21NO4. The second kappa shape index (κ2) is 8.19. The molecule has 5 heteroatoms. The van der Waals surface area contributed by atoms with Gasteiger partial charge in [-0.05, 0) is 31.9 Å². The molecule has 0 aliphatic rings. The van der Waals surface area contributed by atoms with Crippen molar-refractivity contribution in [1.82, 2.24) is 5.32 Å². The summed E-state index contributed by atoms with van der Waals surface area (Å²) in [4.78, 5) is 22.7. The summed E-state index contributed by atoms with van der Waals surface area (Å²) in [5, 5.41) is 12.4. The average Bonchev–Trinajstić information content (AvgIpc) is 2.44. The minimum absolute atomic E-state index is 0.0150. The minimum Gasteiger partial charge on any atom is -0.507 e. The first kappa shape index (κ1) is 16.0. The van der Waals surface area contributed by atoms with Crippen molar-refractivity contribution >= 4 is 11.9 Å². The van der Waals surface area contributed by atoms with E-state index in [0.717, 1.165) is 24.8 Å². The Hall–Kier alpha value is -2.04. The largest absolute Gasteiger partial charge is 0.507 e. The molecule has 2 N–H and O–H groups in total. The number of hydrogen-bond donors (Lipinski definition) is 2. The van der Waals surface area contributed by atoms with Crippen LogP contribution in [0.5, 0.6) is 5.75 Å². The van der Waals surface area contributed by atoms with Gasteiger partial charge in [0.1, 0.15) is 5.75 Å². The average molecular weight is 279 g/mol. The van der Waals surface area contributed by atoms with E-state index in [0.29, 0.717) is 18.5 Å². The van der Waals surface area contributed by atoms with Crippen molar-refractivity contribution in [2.75, 3.05) is 13.7 Å². The van der Waals surface area contributed by atoms with E-state index in [1.54, 1.807) is 12.1 Å². The van der Waals surface area contributed by atoms with Gasteiger partial charge in [0.15, 0.2) is 0 Å². The molecular weight excluding hydrogens is 258 g/mol. The van der Waals surface area contributed by atoms with Crippen LogP contribution in [0, 0.1) is 6.92 Å². The Labute approximate surface area is 118 Å². The van der Waals surface area contributed by atoms with Gasteiger partial charge in [-0.2, -0.15) is 0 Å². The molecule has 0 spiro atoms. The number of rotatable bonds is 7. The minimum atomic E-state index is -0.279. The zero-order chi connectivity index (χ0) is 15.0. The summed E-state index contributed by atoms with van der Waals surface area (Å²) in [6, 6.07) is 4.92. The number of ether oxygens (including phenoxy) is 1. The Morgan fingerprint density at radius 2 is 2.00 bits per heavy atom. The lowest BCUT2D eigenvalue weighted by atomic mass is 10.1. The predicted molar refractivity (Wildman–Crippen MR) is 75.7 cm³/mol. The number of amides is 1. The van der Waals surface area contributed by atoms with Crippen LogP contribution in [0.15, 0.2) is 18.2 Å². The van der Waals surface area contributed by atoms with Crippen molar-refractivity contribution in [2.45, 2.75) is 32.6 Å². The molecule has 20 heavy (non-hydrogen) atoms. The lowest BCUT2D eigenvalue weighted by Gasteiger charge is -2.07. The van der Waals surface area contributed by atoms with Crippen molar-refractivity contribution in [3.63, 3.8) is 0 Å². The van der Waals surface area contributed by atoms with E-state index in [9.17, 15) is 14.7 Å². The maximum absolute atomic E-state index is 11.9. The smallest absolute Gasteiger partial charge is 0.305 e. The fourth-order valence-corrected chi connectivity index (χ4v) is 1.80. The highest BCUT2D eigenvalue weighted by atomic mass is 16.5. The van der Waals surface area contributed by atoms with Crippen LogP contribution in [-0.4, -0.2) is 30.6 Å². The van der Waals surface area contributed by atoms with Crippen molar-refractivity contribution in [1.29, 1.82) is 0 Å². The number of esters is 1. The predicted octanol–water partition coefficient (Wildman–Crippen LogP) is 2.16. The molecule has 0 aliphatic heterocycles. The molecule has 0 atom stereocenters. The molecule has 0 radical (unpaired) electrons. The molecule has 1 aromatic rings. The van der Waals surface area contributed by atoms with E-state index in [-0.39, 0.29) is 17.6 Å². The number of hydrogen-bond acceptors (Lipinski definition) is 4. The molecule has 0 saturated heterocycles. The number of phenols is 1. The Morgan fingerprint density at radius 3 is 2.70 bits per heavy atom. The summed E-state index contributed by atoms with van der Waals surface area (Å²) >= 11 is 0. The van der Waals surface area contributed by atoms with Crippen molar-refractivity contribution in [2.24, 2.45) is 0 Å². The van der Waals surface area contributed by atoms with E-state index in [1.165, 1.54) is 13.2 Å². The zero-order valence-corrected chi connectivity index (χ0v) is 11.9. The molecule has 0 fully saturated rings. The number of methoxy groups -OCH3 is 1. The van der Waals surface area contributed by atoms with E-state index >= 15 is 0 Å². The lowest BCUT2D eigenvalue weighted by molar-refractivity contribution is -0.140. The summed E-state index contributed by atoms with van der Waals surface area (Å²) in [6.07, 6.45) is 2.78. The number of carbonyl (C=O) groups is 2. The lowest BCUT2D eigenvalue weighted by Crippen LogP contribution is -2.24. The molecule has 0 bridgehead atoms. The van der Waals surface area contributed by atoms with Crippen LogP contribution in [0.4, 0.5) is 0 Å². The molecule has 1 amide bonds. The summed E-state index contributed by atoms with van der Waals surface area (Å²) < 4.78 is 4.54. The maximum Gasteiger partial charge on any atom is 0.305 e. The van der Waals surface area contributed by atoms with Gasteiger partial charge in [0.25, 0.3) is 5.91 Å². The van der Waals surface area contributed by atoms with Gasteiger partial charge >= 0.3 is 5.97 Å². The molecule has 5 nitrogen and oxygen atoms in total. The van der Waals surface area contributed by atoms with Crippen LogP contribution in [0.3, 0.4) is 0 Å². The van der Waals surface area contributed by atoms with Gasteiger partial charge in [0.2, 0.25) is 0 Å². The number of benzene rings is 1. The van der Waals surface area contributed by atoms with Crippen LogP contribution in [-0.2, 0) is 9.53 Å². The monoisotopic (exact) mass is 279 g/mol. The Bertz CT molecular complexity index is 471. The normalized spacial score (nSPS) is 10.1. The van der Waals surface area contributed by atoms with Gasteiger partial charge in [0, 0.05) is 13.0 Å². The van der Waals surface area contributed by atoms with Gasteiger partial charge in [0.05, 0.1) is 12.7 Å².